The SMILES string of the molecule is COc1cc2c3cc1Oc1c(OC)c(OC)cc4c1[C@H](Cc1ccc(cc1)Oc1cc(ccc1C(=O)NC1CC1)C[C@H]3N(C)CC2)N(C)CC4. The van der Waals surface area contributed by atoms with Gasteiger partial charge in [-0.1, -0.05) is 18.2 Å². The Morgan fingerprint density at radius 3 is 2.14 bits per heavy atom. The summed E-state index contributed by atoms with van der Waals surface area (Å²) in [6.45, 7) is 1.80. The molecule has 9 rings (SSSR count). The molecule has 0 saturated heterocycles. The van der Waals surface area contributed by atoms with E-state index < -0.39 is 0 Å². The number of rotatable bonds is 5. The molecule has 1 fully saturated rings. The number of nitrogens with one attached hydrogen (secondary N) is 1. The molecular formula is C41H45N3O6. The fourth-order valence-electron chi connectivity index (χ4n) is 7.80. The Balaban J connectivity index is 1.31. The Morgan fingerprint density at radius 1 is 0.740 bits per heavy atom. The van der Waals surface area contributed by atoms with Crippen molar-refractivity contribution in [3.05, 3.63) is 99.6 Å². The molecule has 5 aliphatic rings. The van der Waals surface area contributed by atoms with Gasteiger partial charge in [0.15, 0.2) is 23.0 Å². The molecule has 2 atom stereocenters. The molecule has 4 aromatic rings. The van der Waals surface area contributed by atoms with Gasteiger partial charge in [-0.15, -0.1) is 0 Å². The Bertz CT molecular complexity index is 1940. The number of fused-ring (bicyclic) bond motifs is 2. The minimum Gasteiger partial charge on any atom is -0.493 e. The zero-order chi connectivity index (χ0) is 34.5. The summed E-state index contributed by atoms with van der Waals surface area (Å²) in [7, 11) is 9.37. The molecule has 1 amide bonds. The van der Waals surface area contributed by atoms with Gasteiger partial charge in [0.05, 0.1) is 26.9 Å². The third kappa shape index (κ3) is 6.03. The van der Waals surface area contributed by atoms with Gasteiger partial charge in [0.25, 0.3) is 5.91 Å². The smallest absolute Gasteiger partial charge is 0.255 e. The highest BCUT2D eigenvalue weighted by Crippen LogP contribution is 2.51. The van der Waals surface area contributed by atoms with Crippen molar-refractivity contribution < 1.29 is 28.5 Å². The lowest BCUT2D eigenvalue weighted by Crippen LogP contribution is -2.34. The molecule has 4 aliphatic heterocycles. The summed E-state index contributed by atoms with van der Waals surface area (Å²) in [6, 6.07) is 20.9. The maximum absolute atomic E-state index is 13.4. The zero-order valence-corrected chi connectivity index (χ0v) is 29.5. The second kappa shape index (κ2) is 13.2. The van der Waals surface area contributed by atoms with E-state index in [1.54, 1.807) is 21.3 Å². The average Bonchev–Trinajstić information content (AvgIpc) is 3.94. The third-order valence-electron chi connectivity index (χ3n) is 10.8. The molecule has 1 N–H and O–H groups in total. The lowest BCUT2D eigenvalue weighted by atomic mass is 9.87. The summed E-state index contributed by atoms with van der Waals surface area (Å²) in [6.07, 6.45) is 5.26. The summed E-state index contributed by atoms with van der Waals surface area (Å²) in [4.78, 5) is 18.1. The normalized spacial score (nSPS) is 20.0. The molecule has 9 nitrogen and oxygen atoms in total. The van der Waals surface area contributed by atoms with Crippen molar-refractivity contribution in [2.75, 3.05) is 48.5 Å². The van der Waals surface area contributed by atoms with Crippen molar-refractivity contribution in [1.82, 2.24) is 15.1 Å². The van der Waals surface area contributed by atoms with Gasteiger partial charge in [0.1, 0.15) is 11.5 Å². The fourth-order valence-corrected chi connectivity index (χ4v) is 7.80. The molecule has 6 bridgehead atoms. The van der Waals surface area contributed by atoms with E-state index in [-0.39, 0.29) is 24.0 Å². The molecule has 4 heterocycles. The van der Waals surface area contributed by atoms with Crippen LogP contribution in [0.3, 0.4) is 0 Å². The lowest BCUT2D eigenvalue weighted by molar-refractivity contribution is 0.0948. The zero-order valence-electron chi connectivity index (χ0n) is 29.5. The topological polar surface area (TPSA) is 81.7 Å². The highest BCUT2D eigenvalue weighted by Gasteiger charge is 2.35. The molecule has 1 aliphatic carbocycles. The molecule has 0 spiro atoms. The largest absolute Gasteiger partial charge is 0.493 e. The number of hydrogen-bond donors (Lipinski definition) is 1. The number of carbonyl (C=O) groups excluding carboxylic acids is 1. The highest BCUT2D eigenvalue weighted by molar-refractivity contribution is 5.97. The number of methoxy groups -OCH3 is 3. The Kier molecular flexibility index (Phi) is 8.57. The summed E-state index contributed by atoms with van der Waals surface area (Å²) >= 11 is 0. The van der Waals surface area contributed by atoms with E-state index in [0.717, 1.165) is 68.3 Å². The van der Waals surface area contributed by atoms with Crippen molar-refractivity contribution >= 4 is 5.91 Å². The first kappa shape index (κ1) is 32.5. The Hall–Kier alpha value is -4.73. The van der Waals surface area contributed by atoms with Gasteiger partial charge in [-0.3, -0.25) is 14.6 Å². The van der Waals surface area contributed by atoms with Gasteiger partial charge in [0.2, 0.25) is 5.75 Å². The Morgan fingerprint density at radius 2 is 1.42 bits per heavy atom. The molecule has 1 saturated carbocycles. The van der Waals surface area contributed by atoms with Gasteiger partial charge in [-0.25, -0.2) is 0 Å². The molecule has 4 aromatic carbocycles. The van der Waals surface area contributed by atoms with Crippen LogP contribution in [-0.4, -0.2) is 70.3 Å². The number of carbonyl (C=O) groups is 1. The van der Waals surface area contributed by atoms with E-state index in [9.17, 15) is 4.79 Å². The van der Waals surface area contributed by atoms with Crippen LogP contribution < -0.4 is 29.0 Å². The van der Waals surface area contributed by atoms with Gasteiger partial charge in [0, 0.05) is 36.8 Å². The van der Waals surface area contributed by atoms with Gasteiger partial charge in [-0.2, -0.15) is 0 Å². The molecular weight excluding hydrogens is 630 g/mol. The van der Waals surface area contributed by atoms with Crippen LogP contribution in [0.5, 0.6) is 40.2 Å². The minimum atomic E-state index is -0.0938. The summed E-state index contributed by atoms with van der Waals surface area (Å²) in [5, 5.41) is 3.15. The third-order valence-corrected chi connectivity index (χ3v) is 10.8. The van der Waals surface area contributed by atoms with E-state index in [0.29, 0.717) is 45.8 Å². The number of benzene rings is 4. The Labute approximate surface area is 294 Å². The van der Waals surface area contributed by atoms with E-state index in [1.807, 2.05) is 24.3 Å². The average molecular weight is 676 g/mol. The van der Waals surface area contributed by atoms with Crippen LogP contribution >= 0.6 is 0 Å². The highest BCUT2D eigenvalue weighted by atomic mass is 16.5. The lowest BCUT2D eigenvalue weighted by Gasteiger charge is -2.37. The van der Waals surface area contributed by atoms with Gasteiger partial charge in [-0.05, 0) is 123 Å². The van der Waals surface area contributed by atoms with Crippen LogP contribution in [0.2, 0.25) is 0 Å². The molecule has 9 heteroatoms. The maximum Gasteiger partial charge on any atom is 0.255 e. The summed E-state index contributed by atoms with van der Waals surface area (Å²) < 4.78 is 31.5. The second-order valence-corrected chi connectivity index (χ2v) is 14.0. The van der Waals surface area contributed by atoms with E-state index >= 15 is 0 Å². The van der Waals surface area contributed by atoms with Crippen LogP contribution in [0.25, 0.3) is 0 Å². The number of hydrogen-bond acceptors (Lipinski definition) is 8. The predicted octanol–water partition coefficient (Wildman–Crippen LogP) is 7.05. The van der Waals surface area contributed by atoms with Crippen molar-refractivity contribution in [2.45, 2.75) is 56.7 Å². The second-order valence-electron chi connectivity index (χ2n) is 14.0. The maximum atomic E-state index is 13.4. The first-order valence-electron chi connectivity index (χ1n) is 17.6. The number of amides is 1. The van der Waals surface area contributed by atoms with E-state index in [2.05, 4.69) is 65.6 Å². The van der Waals surface area contributed by atoms with Crippen LogP contribution in [0.1, 0.15) is 68.7 Å². The van der Waals surface area contributed by atoms with Crippen molar-refractivity contribution in [1.29, 1.82) is 0 Å². The molecule has 0 unspecified atom stereocenters. The fraction of sp³-hybridized carbons (Fsp3) is 0.390. The van der Waals surface area contributed by atoms with Crippen LogP contribution in [0, 0.1) is 0 Å². The molecule has 0 radical (unpaired) electrons. The summed E-state index contributed by atoms with van der Waals surface area (Å²) in [5.74, 6) is 4.35. The molecule has 260 valence electrons. The van der Waals surface area contributed by atoms with Gasteiger partial charge < -0.3 is 29.0 Å². The van der Waals surface area contributed by atoms with Crippen LogP contribution in [-0.2, 0) is 25.7 Å². The van der Waals surface area contributed by atoms with Crippen molar-refractivity contribution in [3.63, 3.8) is 0 Å². The van der Waals surface area contributed by atoms with Crippen molar-refractivity contribution in [3.8, 4) is 40.2 Å². The van der Waals surface area contributed by atoms with E-state index in [4.69, 9.17) is 23.7 Å². The van der Waals surface area contributed by atoms with Crippen LogP contribution in [0.4, 0.5) is 0 Å². The number of ether oxygens (including phenoxy) is 5. The predicted molar refractivity (Wildman–Crippen MR) is 192 cm³/mol. The first-order valence-corrected chi connectivity index (χ1v) is 17.6. The monoisotopic (exact) mass is 675 g/mol. The number of nitrogens with zero attached hydrogens (tertiary/aromatic N) is 2. The number of likely N-dealkylation sites (N-methyl/N-ethyl adjacent to an activating group) is 2. The van der Waals surface area contributed by atoms with Crippen molar-refractivity contribution in [2.24, 2.45) is 0 Å². The molecule has 50 heavy (non-hydrogen) atoms. The van der Waals surface area contributed by atoms with Gasteiger partial charge >= 0.3 is 0 Å². The molecule has 0 aromatic heterocycles. The van der Waals surface area contributed by atoms with E-state index in [1.165, 1.54) is 16.7 Å². The standard InChI is InChI=1S/C41H45N3O6/c1-43-16-14-26-21-35(46-3)36-23-31(26)32(43)19-25-8-13-30(41(45)42-28-9-10-28)34(20-25)49-29-11-6-24(7-12-29)18-33-38-27(15-17-44(33)2)22-37(47-4)39(48-5)40(38)50-36/h6-8,11-13,20-23,28,32-33H,9-10,14-19H2,1-5H3,(H,42,45)/t32-,33+/m1/s1. The minimum absolute atomic E-state index is 0.0103. The summed E-state index contributed by atoms with van der Waals surface area (Å²) in [5.41, 5.74) is 7.48. The first-order chi connectivity index (χ1) is 24.3. The quantitative estimate of drug-likeness (QED) is 0.241. The van der Waals surface area contributed by atoms with Crippen LogP contribution in [0.15, 0.2) is 60.7 Å².